The number of piperidine rings is 1. The van der Waals surface area contributed by atoms with Crippen molar-refractivity contribution < 1.29 is 14.4 Å². The number of carbonyl (C=O) groups excluding carboxylic acids is 3. The minimum absolute atomic E-state index is 0.0481. The number of Topliss-reactive ketones (excluding diaryl/α,β-unsaturated/α-hetero) is 1. The highest BCUT2D eigenvalue weighted by Gasteiger charge is 2.31. The van der Waals surface area contributed by atoms with Crippen molar-refractivity contribution in [2.45, 2.75) is 57.9 Å². The van der Waals surface area contributed by atoms with E-state index in [1.165, 1.54) is 13.3 Å². The zero-order valence-electron chi connectivity index (χ0n) is 12.3. The quantitative estimate of drug-likeness (QED) is 0.781. The molecule has 0 bridgehead atoms. The second-order valence-electron chi connectivity index (χ2n) is 5.80. The molecule has 1 atom stereocenters. The first-order valence-electron chi connectivity index (χ1n) is 7.67. The fourth-order valence-electron chi connectivity index (χ4n) is 3.15. The van der Waals surface area contributed by atoms with Gasteiger partial charge in [0.25, 0.3) is 0 Å². The van der Waals surface area contributed by atoms with Gasteiger partial charge in [-0.15, -0.1) is 0 Å². The molecular formula is C15H24N2O3. The van der Waals surface area contributed by atoms with Gasteiger partial charge in [0.2, 0.25) is 11.8 Å². The number of amides is 2. The van der Waals surface area contributed by atoms with Gasteiger partial charge in [-0.05, 0) is 39.0 Å². The molecule has 0 unspecified atom stereocenters. The van der Waals surface area contributed by atoms with Crippen LogP contribution in [0.2, 0.25) is 0 Å². The summed E-state index contributed by atoms with van der Waals surface area (Å²) in [4.78, 5) is 39.2. The molecule has 5 nitrogen and oxygen atoms in total. The Bertz CT molecular complexity index is 389. The summed E-state index contributed by atoms with van der Waals surface area (Å²) in [6.07, 6.45) is 5.49. The highest BCUT2D eigenvalue weighted by atomic mass is 16.2. The molecule has 2 aliphatic heterocycles. The minimum Gasteiger partial charge on any atom is -0.343 e. The average Bonchev–Trinajstić information content (AvgIpc) is 2.95. The number of hydrogen-bond acceptors (Lipinski definition) is 3. The maximum absolute atomic E-state index is 12.2. The summed E-state index contributed by atoms with van der Waals surface area (Å²) < 4.78 is 0. The Kier molecular flexibility index (Phi) is 5.15. The highest BCUT2D eigenvalue weighted by Crippen LogP contribution is 2.20. The molecule has 20 heavy (non-hydrogen) atoms. The van der Waals surface area contributed by atoms with Crippen LogP contribution in [0.5, 0.6) is 0 Å². The monoisotopic (exact) mass is 280 g/mol. The van der Waals surface area contributed by atoms with Gasteiger partial charge in [0.15, 0.2) is 5.78 Å². The number of rotatable bonds is 4. The van der Waals surface area contributed by atoms with E-state index in [1.54, 1.807) is 4.90 Å². The van der Waals surface area contributed by atoms with Crippen LogP contribution in [0, 0.1) is 0 Å². The number of likely N-dealkylation sites (tertiary alicyclic amines) is 2. The third kappa shape index (κ3) is 3.58. The lowest BCUT2D eigenvalue weighted by atomic mass is 10.1. The van der Waals surface area contributed by atoms with Crippen molar-refractivity contribution in [2.75, 3.05) is 19.6 Å². The van der Waals surface area contributed by atoms with Crippen molar-refractivity contribution in [3.05, 3.63) is 0 Å². The van der Waals surface area contributed by atoms with Gasteiger partial charge in [-0.2, -0.15) is 0 Å². The van der Waals surface area contributed by atoms with Crippen LogP contribution in [0.15, 0.2) is 0 Å². The Morgan fingerprint density at radius 1 is 0.900 bits per heavy atom. The summed E-state index contributed by atoms with van der Waals surface area (Å²) >= 11 is 0. The van der Waals surface area contributed by atoms with E-state index in [0.29, 0.717) is 6.54 Å². The third-order valence-electron chi connectivity index (χ3n) is 4.30. The van der Waals surface area contributed by atoms with Gasteiger partial charge in [-0.1, -0.05) is 0 Å². The van der Waals surface area contributed by atoms with Crippen molar-refractivity contribution in [1.29, 1.82) is 0 Å². The van der Waals surface area contributed by atoms with Crippen molar-refractivity contribution in [2.24, 2.45) is 0 Å². The molecule has 2 aliphatic rings. The number of nitrogens with zero attached hydrogens (tertiary/aromatic N) is 2. The Morgan fingerprint density at radius 3 is 2.20 bits per heavy atom. The van der Waals surface area contributed by atoms with Crippen LogP contribution in [0.1, 0.15) is 51.9 Å². The maximum Gasteiger partial charge on any atom is 0.223 e. The molecule has 2 rings (SSSR count). The van der Waals surface area contributed by atoms with Crippen LogP contribution in [-0.4, -0.2) is 53.1 Å². The van der Waals surface area contributed by atoms with Crippen molar-refractivity contribution in [1.82, 2.24) is 9.80 Å². The largest absolute Gasteiger partial charge is 0.343 e. The number of hydrogen-bond donors (Lipinski definition) is 0. The Balaban J connectivity index is 1.79. The first-order chi connectivity index (χ1) is 9.59. The molecule has 2 amide bonds. The van der Waals surface area contributed by atoms with E-state index >= 15 is 0 Å². The van der Waals surface area contributed by atoms with E-state index in [-0.39, 0.29) is 36.5 Å². The molecule has 2 saturated heterocycles. The molecule has 0 aromatic carbocycles. The zero-order chi connectivity index (χ0) is 14.5. The first kappa shape index (κ1) is 15.0. The molecular weight excluding hydrogens is 256 g/mol. The van der Waals surface area contributed by atoms with Crippen LogP contribution >= 0.6 is 0 Å². The molecule has 112 valence electrons. The van der Waals surface area contributed by atoms with Crippen LogP contribution in [0.4, 0.5) is 0 Å². The van der Waals surface area contributed by atoms with Crippen LogP contribution in [0.3, 0.4) is 0 Å². The van der Waals surface area contributed by atoms with E-state index < -0.39 is 0 Å². The van der Waals surface area contributed by atoms with Crippen LogP contribution < -0.4 is 0 Å². The molecule has 0 aromatic rings. The number of ketones is 1. The van der Waals surface area contributed by atoms with Crippen molar-refractivity contribution in [3.63, 3.8) is 0 Å². The third-order valence-corrected chi connectivity index (χ3v) is 4.30. The summed E-state index contributed by atoms with van der Waals surface area (Å²) in [7, 11) is 0. The molecule has 0 aromatic heterocycles. The summed E-state index contributed by atoms with van der Waals surface area (Å²) in [6.45, 7) is 3.84. The second-order valence-corrected chi connectivity index (χ2v) is 5.80. The summed E-state index contributed by atoms with van der Waals surface area (Å²) in [6, 6.07) is -0.257. The smallest absolute Gasteiger partial charge is 0.223 e. The second kappa shape index (κ2) is 6.86. The molecule has 0 saturated carbocycles. The zero-order valence-corrected chi connectivity index (χ0v) is 12.3. The predicted molar refractivity (Wildman–Crippen MR) is 75.1 cm³/mol. The Hall–Kier alpha value is -1.39. The lowest BCUT2D eigenvalue weighted by Gasteiger charge is -2.27. The first-order valence-corrected chi connectivity index (χ1v) is 7.67. The van der Waals surface area contributed by atoms with Crippen molar-refractivity contribution in [3.8, 4) is 0 Å². The van der Waals surface area contributed by atoms with Gasteiger partial charge in [0.05, 0.1) is 6.04 Å². The summed E-state index contributed by atoms with van der Waals surface area (Å²) in [5.74, 6) is 0.0860. The minimum atomic E-state index is -0.257. The molecule has 0 aliphatic carbocycles. The van der Waals surface area contributed by atoms with E-state index in [4.69, 9.17) is 0 Å². The molecule has 0 spiro atoms. The predicted octanol–water partition coefficient (Wildman–Crippen LogP) is 1.36. The van der Waals surface area contributed by atoms with E-state index in [9.17, 15) is 14.4 Å². The SMILES string of the molecule is CC(=O)[C@@H]1CCCN1C(=O)CCC(=O)N1CCCCC1. The highest BCUT2D eigenvalue weighted by molar-refractivity contribution is 5.89. The van der Waals surface area contributed by atoms with E-state index in [2.05, 4.69) is 0 Å². The average molecular weight is 280 g/mol. The molecule has 5 heteroatoms. The van der Waals surface area contributed by atoms with Gasteiger partial charge in [-0.3, -0.25) is 14.4 Å². The maximum atomic E-state index is 12.2. The Labute approximate surface area is 120 Å². The molecule has 2 fully saturated rings. The van der Waals surface area contributed by atoms with Gasteiger partial charge in [0.1, 0.15) is 0 Å². The van der Waals surface area contributed by atoms with Gasteiger partial charge < -0.3 is 9.80 Å². The van der Waals surface area contributed by atoms with Gasteiger partial charge >= 0.3 is 0 Å². The topological polar surface area (TPSA) is 57.7 Å². The summed E-state index contributed by atoms with van der Waals surface area (Å²) in [5, 5.41) is 0. The van der Waals surface area contributed by atoms with Crippen LogP contribution in [0.25, 0.3) is 0 Å². The molecule has 0 radical (unpaired) electrons. The Morgan fingerprint density at radius 2 is 1.55 bits per heavy atom. The number of carbonyl (C=O) groups is 3. The molecule has 0 N–H and O–H groups in total. The van der Waals surface area contributed by atoms with Crippen molar-refractivity contribution >= 4 is 17.6 Å². The standard InChI is InChI=1S/C15H24N2O3/c1-12(18)13-6-5-11-17(13)15(20)8-7-14(19)16-9-3-2-4-10-16/h13H,2-11H2,1H3/t13-/m0/s1. The van der Waals surface area contributed by atoms with Crippen LogP contribution in [-0.2, 0) is 14.4 Å². The lowest BCUT2D eigenvalue weighted by molar-refractivity contribution is -0.140. The summed E-state index contributed by atoms with van der Waals surface area (Å²) in [5.41, 5.74) is 0. The normalized spacial score (nSPS) is 22.9. The van der Waals surface area contributed by atoms with E-state index in [1.807, 2.05) is 4.90 Å². The van der Waals surface area contributed by atoms with Gasteiger partial charge in [0, 0.05) is 32.5 Å². The fourth-order valence-corrected chi connectivity index (χ4v) is 3.15. The fraction of sp³-hybridized carbons (Fsp3) is 0.800. The van der Waals surface area contributed by atoms with E-state index in [0.717, 1.165) is 38.8 Å². The van der Waals surface area contributed by atoms with Gasteiger partial charge in [-0.25, -0.2) is 0 Å². The molecule has 2 heterocycles. The lowest BCUT2D eigenvalue weighted by Crippen LogP contribution is -2.40.